The molecule has 3 fully saturated rings. The van der Waals surface area contributed by atoms with Crippen LogP contribution in [0.1, 0.15) is 44.2 Å². The first-order chi connectivity index (χ1) is 19.3. The van der Waals surface area contributed by atoms with Gasteiger partial charge in [-0.15, -0.1) is 23.1 Å². The third-order valence-electron chi connectivity index (χ3n) is 7.12. The van der Waals surface area contributed by atoms with E-state index < -0.39 is 29.2 Å². The smallest absolute Gasteiger partial charge is 0.352 e. The van der Waals surface area contributed by atoms with E-state index in [0.717, 1.165) is 41.9 Å². The zero-order valence-electron chi connectivity index (χ0n) is 21.4. The summed E-state index contributed by atoms with van der Waals surface area (Å²) in [5, 5.41) is 26.7. The summed E-state index contributed by atoms with van der Waals surface area (Å²) in [5.74, 6) is -2.57. The fraction of sp³-hybridized carbons (Fsp3) is 0.480. The van der Waals surface area contributed by atoms with Crippen molar-refractivity contribution in [3.63, 3.8) is 0 Å². The molecule has 0 radical (unpaired) electrons. The van der Waals surface area contributed by atoms with E-state index in [0.29, 0.717) is 30.7 Å². The largest absolute Gasteiger partial charge is 0.477 e. The number of carbonyl (C=O) groups excluding carboxylic acids is 3. The van der Waals surface area contributed by atoms with Gasteiger partial charge in [-0.1, -0.05) is 5.16 Å². The summed E-state index contributed by atoms with van der Waals surface area (Å²) >= 11 is 2.43. The van der Waals surface area contributed by atoms with Crippen LogP contribution in [0.15, 0.2) is 33.5 Å². The van der Waals surface area contributed by atoms with Crippen LogP contribution in [0.4, 0.5) is 5.13 Å². The van der Waals surface area contributed by atoms with Crippen LogP contribution in [0, 0.1) is 11.3 Å². The number of amides is 3. The summed E-state index contributed by atoms with van der Waals surface area (Å²) in [6.07, 6.45) is 5.77. The van der Waals surface area contributed by atoms with Gasteiger partial charge in [0.25, 0.3) is 11.8 Å². The number of nitrogen functional groups attached to an aromatic ring is 1. The van der Waals surface area contributed by atoms with E-state index >= 15 is 0 Å². The Morgan fingerprint density at radius 3 is 2.80 bits per heavy atom. The molecule has 40 heavy (non-hydrogen) atoms. The van der Waals surface area contributed by atoms with Crippen molar-refractivity contribution >= 4 is 57.6 Å². The minimum absolute atomic E-state index is 0.102. The summed E-state index contributed by atoms with van der Waals surface area (Å²) < 4.78 is 0. The van der Waals surface area contributed by atoms with Crippen LogP contribution in [-0.2, 0) is 24.0 Å². The molecule has 4 heterocycles. The van der Waals surface area contributed by atoms with Gasteiger partial charge in [-0.25, -0.2) is 9.78 Å². The average molecular weight is 586 g/mol. The van der Waals surface area contributed by atoms with Crippen LogP contribution in [0.25, 0.3) is 0 Å². The molecule has 1 aromatic heterocycles. The molecule has 2 saturated heterocycles. The lowest BCUT2D eigenvalue weighted by molar-refractivity contribution is -0.150. The zero-order chi connectivity index (χ0) is 28.4. The molecule has 0 unspecified atom stereocenters. The number of likely N-dealkylation sites (tertiary alicyclic amines) is 1. The highest BCUT2D eigenvalue weighted by molar-refractivity contribution is 8.00. The Hall–Kier alpha value is -3.90. The van der Waals surface area contributed by atoms with Crippen molar-refractivity contribution in [1.82, 2.24) is 20.1 Å². The molecule has 4 aliphatic rings. The third-order valence-corrected chi connectivity index (χ3v) is 9.09. The normalized spacial score (nSPS) is 24.3. The average Bonchev–Trinajstić information content (AvgIpc) is 3.69. The SMILES string of the molecule is N#CCCN1CC/C(=C\C2=C(C(=O)O)N3C(=O)[C@@H](NC(=O)/C(=N\OC4CCCC4)c4csc(N)n4)[C@H]3SC2)C1=O. The number of hydrogen-bond donors (Lipinski definition) is 3. The van der Waals surface area contributed by atoms with Crippen molar-refractivity contribution in [3.8, 4) is 6.07 Å². The van der Waals surface area contributed by atoms with E-state index in [9.17, 15) is 24.3 Å². The van der Waals surface area contributed by atoms with E-state index in [1.54, 1.807) is 16.4 Å². The minimum Gasteiger partial charge on any atom is -0.477 e. The van der Waals surface area contributed by atoms with Crippen LogP contribution >= 0.6 is 23.1 Å². The lowest BCUT2D eigenvalue weighted by atomic mass is 10.0. The van der Waals surface area contributed by atoms with E-state index in [1.165, 1.54) is 11.8 Å². The van der Waals surface area contributed by atoms with E-state index in [-0.39, 0.29) is 46.4 Å². The number of nitrogens with zero attached hydrogens (tertiary/aromatic N) is 5. The van der Waals surface area contributed by atoms with Gasteiger partial charge in [-0.05, 0) is 43.8 Å². The highest BCUT2D eigenvalue weighted by Gasteiger charge is 2.54. The summed E-state index contributed by atoms with van der Waals surface area (Å²) in [5.41, 5.74) is 6.45. The number of oxime groups is 1. The van der Waals surface area contributed by atoms with Crippen molar-refractivity contribution in [3.05, 3.63) is 34.0 Å². The number of thioether (sulfide) groups is 1. The summed E-state index contributed by atoms with van der Waals surface area (Å²) in [6.45, 7) is 0.762. The summed E-state index contributed by atoms with van der Waals surface area (Å²) in [4.78, 5) is 63.8. The van der Waals surface area contributed by atoms with E-state index in [1.807, 2.05) is 6.07 Å². The highest BCUT2D eigenvalue weighted by atomic mass is 32.2. The molecule has 1 aliphatic carbocycles. The number of anilines is 1. The van der Waals surface area contributed by atoms with Gasteiger partial charge < -0.3 is 25.9 Å². The van der Waals surface area contributed by atoms with Gasteiger partial charge >= 0.3 is 5.97 Å². The van der Waals surface area contributed by atoms with Crippen LogP contribution in [-0.4, -0.2) is 85.7 Å². The van der Waals surface area contributed by atoms with Crippen LogP contribution in [0.3, 0.4) is 0 Å². The molecule has 3 amide bonds. The number of β-lactam (4-membered cyclic amide) rings is 1. The Balaban J connectivity index is 1.32. The second kappa shape index (κ2) is 11.7. The van der Waals surface area contributed by atoms with Gasteiger partial charge in [0.2, 0.25) is 5.91 Å². The number of carbonyl (C=O) groups is 4. The lowest BCUT2D eigenvalue weighted by Gasteiger charge is -2.49. The van der Waals surface area contributed by atoms with Gasteiger partial charge in [0.1, 0.15) is 28.9 Å². The monoisotopic (exact) mass is 585 g/mol. The van der Waals surface area contributed by atoms with Crippen molar-refractivity contribution in [2.75, 3.05) is 24.6 Å². The molecule has 3 aliphatic heterocycles. The van der Waals surface area contributed by atoms with E-state index in [4.69, 9.17) is 15.8 Å². The lowest BCUT2D eigenvalue weighted by Crippen LogP contribution is -2.71. The predicted molar refractivity (Wildman–Crippen MR) is 146 cm³/mol. The molecule has 0 aromatic carbocycles. The number of nitriles is 1. The molecule has 13 nitrogen and oxygen atoms in total. The Labute approximate surface area is 237 Å². The van der Waals surface area contributed by atoms with Crippen LogP contribution in [0.2, 0.25) is 0 Å². The minimum atomic E-state index is -1.30. The number of hydrogen-bond acceptors (Lipinski definition) is 11. The number of aliphatic carboxylic acids is 1. The fourth-order valence-electron chi connectivity index (χ4n) is 5.10. The number of rotatable bonds is 9. The molecule has 1 saturated carbocycles. The number of carboxylic acids is 1. The summed E-state index contributed by atoms with van der Waals surface area (Å²) in [6, 6.07) is 1.03. The number of nitrogens with two attached hydrogens (primary N) is 1. The maximum absolute atomic E-state index is 13.3. The number of allylic oxidation sites excluding steroid dienone is 1. The first-order valence-corrected chi connectivity index (χ1v) is 14.7. The van der Waals surface area contributed by atoms with Crippen molar-refractivity contribution in [2.45, 2.75) is 56.0 Å². The molecule has 15 heteroatoms. The van der Waals surface area contributed by atoms with Gasteiger partial charge in [0, 0.05) is 29.8 Å². The second-order valence-corrected chi connectivity index (χ2v) is 11.7. The van der Waals surface area contributed by atoms with Gasteiger partial charge in [0.15, 0.2) is 10.8 Å². The number of fused-ring (bicyclic) bond motifs is 1. The fourth-order valence-corrected chi connectivity index (χ4v) is 6.95. The molecule has 2 atom stereocenters. The number of nitrogens with one attached hydrogen (secondary N) is 1. The van der Waals surface area contributed by atoms with E-state index in [2.05, 4.69) is 15.5 Å². The number of carboxylic acid groups (broad SMARTS) is 1. The topological polar surface area (TPSA) is 191 Å². The molecular weight excluding hydrogens is 558 g/mol. The molecule has 0 spiro atoms. The van der Waals surface area contributed by atoms with Gasteiger partial charge in [-0.2, -0.15) is 5.26 Å². The third kappa shape index (κ3) is 5.41. The zero-order valence-corrected chi connectivity index (χ0v) is 23.0. The summed E-state index contributed by atoms with van der Waals surface area (Å²) in [7, 11) is 0. The Morgan fingerprint density at radius 2 is 2.12 bits per heavy atom. The standard InChI is InChI=1S/C25H27N7O6S2/c26-7-3-8-31-9-6-13(21(31)34)10-14-11-39-23-18(22(35)32(23)19(14)24(36)37)29-20(33)17(16-12-40-25(27)28-16)30-38-15-4-1-2-5-15/h10,12,15,18,23H,1-6,8-9,11H2,(H2,27,28)(H,29,33)(H,36,37)/b13-10+,30-17-/t18-,23-/m1/s1. The maximum atomic E-state index is 13.3. The Kier molecular flexibility index (Phi) is 8.08. The highest BCUT2D eigenvalue weighted by Crippen LogP contribution is 2.41. The molecule has 1 aromatic rings. The molecule has 5 rings (SSSR count). The van der Waals surface area contributed by atoms with Crippen molar-refractivity contribution in [1.29, 1.82) is 5.26 Å². The van der Waals surface area contributed by atoms with Gasteiger partial charge in [0.05, 0.1) is 12.5 Å². The van der Waals surface area contributed by atoms with Crippen molar-refractivity contribution in [2.24, 2.45) is 5.16 Å². The molecule has 4 N–H and O–H groups in total. The molecule has 0 bridgehead atoms. The van der Waals surface area contributed by atoms with Crippen LogP contribution < -0.4 is 11.1 Å². The Morgan fingerprint density at radius 1 is 1.35 bits per heavy atom. The Bertz CT molecular complexity index is 1370. The first kappa shape index (κ1) is 27.7. The van der Waals surface area contributed by atoms with Crippen LogP contribution in [0.5, 0.6) is 0 Å². The number of aromatic nitrogens is 1. The first-order valence-electron chi connectivity index (χ1n) is 12.8. The maximum Gasteiger partial charge on any atom is 0.352 e. The predicted octanol–water partition coefficient (Wildman–Crippen LogP) is 1.20. The quantitative estimate of drug-likeness (QED) is 0.164. The van der Waals surface area contributed by atoms with Crippen molar-refractivity contribution < 1.29 is 29.1 Å². The molecule has 210 valence electrons. The number of thiazole rings is 1. The second-order valence-electron chi connectivity index (χ2n) is 9.68. The molecular formula is C25H27N7O6S2. The van der Waals surface area contributed by atoms with Gasteiger partial charge in [-0.3, -0.25) is 19.3 Å².